The number of nitrogens with two attached hydrogens (primary N) is 1. The van der Waals surface area contributed by atoms with Crippen molar-refractivity contribution in [2.24, 2.45) is 10.9 Å². The van der Waals surface area contributed by atoms with Crippen molar-refractivity contribution < 1.29 is 9.60 Å². The summed E-state index contributed by atoms with van der Waals surface area (Å²) in [5.41, 5.74) is 7.00. The molecule has 1 fully saturated rings. The predicted octanol–water partition coefficient (Wildman–Crippen LogP) is 1.45. The molecule has 0 saturated carbocycles. The van der Waals surface area contributed by atoms with Gasteiger partial charge in [0.2, 0.25) is 0 Å². The van der Waals surface area contributed by atoms with Crippen LogP contribution in [0.1, 0.15) is 24.5 Å². The minimum absolute atomic E-state index is 0.0518. The molecule has 0 aliphatic carbocycles. The highest BCUT2D eigenvalue weighted by molar-refractivity contribution is 5.98. The molecule has 1 heterocycles. The number of benzene rings is 1. The first-order chi connectivity index (χ1) is 10.0. The average molecular weight is 294 g/mol. The molecule has 3 N–H and O–H groups in total. The van der Waals surface area contributed by atoms with Gasteiger partial charge in [-0.25, -0.2) is 4.39 Å². The van der Waals surface area contributed by atoms with Crippen LogP contribution in [-0.4, -0.2) is 53.6 Å². The van der Waals surface area contributed by atoms with Crippen LogP contribution < -0.4 is 5.73 Å². The zero-order valence-corrected chi connectivity index (χ0v) is 12.6. The van der Waals surface area contributed by atoms with Gasteiger partial charge in [-0.15, -0.1) is 0 Å². The summed E-state index contributed by atoms with van der Waals surface area (Å²) in [6.45, 7) is 5.92. The van der Waals surface area contributed by atoms with E-state index >= 15 is 0 Å². The quantitative estimate of drug-likeness (QED) is 0.383. The first-order valence-corrected chi connectivity index (χ1v) is 7.20. The molecule has 0 radical (unpaired) electrons. The fraction of sp³-hybridized carbons (Fsp3) is 0.533. The van der Waals surface area contributed by atoms with Crippen LogP contribution in [0.3, 0.4) is 0 Å². The monoisotopic (exact) mass is 294 g/mol. The molecule has 1 atom stereocenters. The molecule has 116 valence electrons. The van der Waals surface area contributed by atoms with Gasteiger partial charge in [0, 0.05) is 31.2 Å². The van der Waals surface area contributed by atoms with E-state index in [4.69, 9.17) is 10.9 Å². The number of nitrogens with zero attached hydrogens (tertiary/aromatic N) is 3. The third kappa shape index (κ3) is 3.92. The molecule has 6 heteroatoms. The van der Waals surface area contributed by atoms with Crippen LogP contribution in [0.15, 0.2) is 23.4 Å². The summed E-state index contributed by atoms with van der Waals surface area (Å²) in [4.78, 5) is 4.67. The van der Waals surface area contributed by atoms with Crippen LogP contribution >= 0.6 is 0 Å². The largest absolute Gasteiger partial charge is 0.409 e. The molecule has 1 aliphatic heterocycles. The van der Waals surface area contributed by atoms with Gasteiger partial charge >= 0.3 is 0 Å². The predicted molar refractivity (Wildman–Crippen MR) is 80.9 cm³/mol. The Bertz CT molecular complexity index is 520. The van der Waals surface area contributed by atoms with Crippen molar-refractivity contribution >= 4 is 5.84 Å². The van der Waals surface area contributed by atoms with Crippen LogP contribution in [0.25, 0.3) is 0 Å². The molecule has 1 saturated heterocycles. The van der Waals surface area contributed by atoms with Crippen molar-refractivity contribution in [1.29, 1.82) is 0 Å². The molecule has 0 aromatic heterocycles. The Morgan fingerprint density at radius 3 is 2.95 bits per heavy atom. The SMILES string of the molecule is CC1CN(C)CCCN1Cc1ccc(F)cc1/C(N)=N/O. The molecule has 21 heavy (non-hydrogen) atoms. The number of likely N-dealkylation sites (N-methyl/N-ethyl adjacent to an activating group) is 1. The zero-order valence-electron chi connectivity index (χ0n) is 12.6. The van der Waals surface area contributed by atoms with E-state index in [1.165, 1.54) is 12.1 Å². The fourth-order valence-corrected chi connectivity index (χ4v) is 2.85. The summed E-state index contributed by atoms with van der Waals surface area (Å²) in [5.74, 6) is -0.437. The number of hydrogen-bond donors (Lipinski definition) is 2. The van der Waals surface area contributed by atoms with Gasteiger partial charge in [0.25, 0.3) is 0 Å². The summed E-state index contributed by atoms with van der Waals surface area (Å²) in [6.07, 6.45) is 1.10. The lowest BCUT2D eigenvalue weighted by molar-refractivity contribution is 0.194. The summed E-state index contributed by atoms with van der Waals surface area (Å²) >= 11 is 0. The van der Waals surface area contributed by atoms with Crippen LogP contribution in [0.4, 0.5) is 4.39 Å². The van der Waals surface area contributed by atoms with Crippen LogP contribution in [0.5, 0.6) is 0 Å². The highest BCUT2D eigenvalue weighted by Gasteiger charge is 2.21. The molecule has 2 rings (SSSR count). The van der Waals surface area contributed by atoms with Crippen LogP contribution in [-0.2, 0) is 6.54 Å². The molecule has 1 aliphatic rings. The topological polar surface area (TPSA) is 65.1 Å². The first-order valence-electron chi connectivity index (χ1n) is 7.20. The van der Waals surface area contributed by atoms with Gasteiger partial charge in [-0.1, -0.05) is 11.2 Å². The first kappa shape index (κ1) is 15.7. The summed E-state index contributed by atoms with van der Waals surface area (Å²) in [6, 6.07) is 4.85. The minimum Gasteiger partial charge on any atom is -0.409 e. The van der Waals surface area contributed by atoms with E-state index in [1.807, 2.05) is 0 Å². The van der Waals surface area contributed by atoms with Gasteiger partial charge in [-0.3, -0.25) is 4.90 Å². The lowest BCUT2D eigenvalue weighted by Crippen LogP contribution is -2.37. The Morgan fingerprint density at radius 1 is 1.48 bits per heavy atom. The Balaban J connectivity index is 2.22. The van der Waals surface area contributed by atoms with E-state index in [0.717, 1.165) is 31.6 Å². The minimum atomic E-state index is -0.385. The van der Waals surface area contributed by atoms with E-state index in [9.17, 15) is 4.39 Å². The molecular formula is C15H23FN4O. The van der Waals surface area contributed by atoms with Gasteiger partial charge < -0.3 is 15.8 Å². The van der Waals surface area contributed by atoms with Crippen molar-refractivity contribution in [3.63, 3.8) is 0 Å². The Labute approximate surface area is 124 Å². The molecule has 0 spiro atoms. The number of hydrogen-bond acceptors (Lipinski definition) is 4. The second-order valence-corrected chi connectivity index (χ2v) is 5.72. The standard InChI is InChI=1S/C15H23FN4O/c1-11-9-19(2)6-3-7-20(11)10-12-4-5-13(16)8-14(12)15(17)18-21/h4-5,8,11,21H,3,6-7,9-10H2,1-2H3,(H2,17,18). The lowest BCUT2D eigenvalue weighted by atomic mass is 10.0. The fourth-order valence-electron chi connectivity index (χ4n) is 2.85. The molecule has 1 aromatic rings. The number of halogens is 1. The van der Waals surface area contributed by atoms with E-state index in [-0.39, 0.29) is 11.7 Å². The molecule has 5 nitrogen and oxygen atoms in total. The van der Waals surface area contributed by atoms with Gasteiger partial charge in [-0.2, -0.15) is 0 Å². The Morgan fingerprint density at radius 2 is 2.24 bits per heavy atom. The van der Waals surface area contributed by atoms with Crippen molar-refractivity contribution in [2.45, 2.75) is 25.9 Å². The maximum absolute atomic E-state index is 13.4. The molecule has 0 bridgehead atoms. The molecule has 1 aromatic carbocycles. The summed E-state index contributed by atoms with van der Waals surface area (Å²) < 4.78 is 13.4. The third-order valence-corrected chi connectivity index (χ3v) is 4.01. The molecule has 1 unspecified atom stereocenters. The maximum Gasteiger partial charge on any atom is 0.170 e. The number of oxime groups is 1. The van der Waals surface area contributed by atoms with E-state index < -0.39 is 0 Å². The smallest absolute Gasteiger partial charge is 0.170 e. The average Bonchev–Trinajstić information content (AvgIpc) is 2.61. The van der Waals surface area contributed by atoms with Crippen molar-refractivity contribution in [3.8, 4) is 0 Å². The molecular weight excluding hydrogens is 271 g/mol. The third-order valence-electron chi connectivity index (χ3n) is 4.01. The van der Waals surface area contributed by atoms with Crippen LogP contribution in [0, 0.1) is 5.82 Å². The number of amidine groups is 1. The normalized spacial score (nSPS) is 22.2. The van der Waals surface area contributed by atoms with Crippen LogP contribution in [0.2, 0.25) is 0 Å². The van der Waals surface area contributed by atoms with Crippen molar-refractivity contribution in [3.05, 3.63) is 35.1 Å². The van der Waals surface area contributed by atoms with Gasteiger partial charge in [0.05, 0.1) is 0 Å². The van der Waals surface area contributed by atoms with Gasteiger partial charge in [0.1, 0.15) is 5.82 Å². The van der Waals surface area contributed by atoms with Crippen molar-refractivity contribution in [1.82, 2.24) is 9.80 Å². The Kier molecular flexibility index (Phi) is 5.14. The van der Waals surface area contributed by atoms with E-state index in [0.29, 0.717) is 18.2 Å². The van der Waals surface area contributed by atoms with E-state index in [2.05, 4.69) is 28.9 Å². The van der Waals surface area contributed by atoms with Crippen molar-refractivity contribution in [2.75, 3.05) is 26.7 Å². The lowest BCUT2D eigenvalue weighted by Gasteiger charge is -2.28. The second kappa shape index (κ2) is 6.87. The van der Waals surface area contributed by atoms with E-state index in [1.54, 1.807) is 6.07 Å². The Hall–Kier alpha value is -1.66. The molecule has 0 amide bonds. The van der Waals surface area contributed by atoms with Gasteiger partial charge in [0.15, 0.2) is 5.84 Å². The number of rotatable bonds is 3. The maximum atomic E-state index is 13.4. The van der Waals surface area contributed by atoms with Gasteiger partial charge in [-0.05, 0) is 44.6 Å². The second-order valence-electron chi connectivity index (χ2n) is 5.72. The zero-order chi connectivity index (χ0) is 15.4. The highest BCUT2D eigenvalue weighted by Crippen LogP contribution is 2.17. The summed E-state index contributed by atoms with van der Waals surface area (Å²) in [7, 11) is 2.12. The highest BCUT2D eigenvalue weighted by atomic mass is 19.1. The summed E-state index contributed by atoms with van der Waals surface area (Å²) in [5, 5.41) is 11.9.